The number of rotatable bonds is 8. The summed E-state index contributed by atoms with van der Waals surface area (Å²) in [5, 5.41) is 4.58. The van der Waals surface area contributed by atoms with Crippen molar-refractivity contribution in [2.75, 3.05) is 0 Å². The lowest BCUT2D eigenvalue weighted by molar-refractivity contribution is -0.122. The van der Waals surface area contributed by atoms with Gasteiger partial charge < -0.3 is 10.7 Å². The highest BCUT2D eigenvalue weighted by Crippen LogP contribution is 2.68. The number of aromatic amines is 1. The Hall–Kier alpha value is -4.75. The molecule has 3 unspecified atom stereocenters. The summed E-state index contributed by atoms with van der Waals surface area (Å²) >= 11 is 0. The molecule has 1 saturated carbocycles. The van der Waals surface area contributed by atoms with Crippen LogP contribution >= 0.6 is 0 Å². The van der Waals surface area contributed by atoms with Crippen molar-refractivity contribution in [1.82, 2.24) is 29.7 Å². The van der Waals surface area contributed by atoms with E-state index in [-0.39, 0.29) is 29.7 Å². The molecular weight excluding hydrogens is 576 g/mol. The molecule has 4 aromatic heterocycles. The van der Waals surface area contributed by atoms with Gasteiger partial charge in [0.1, 0.15) is 41.0 Å². The lowest BCUT2D eigenvalue weighted by Crippen LogP contribution is -2.37. The summed E-state index contributed by atoms with van der Waals surface area (Å²) in [4.78, 5) is 29.0. The molecule has 220 valence electrons. The molecule has 5 aromatic rings. The van der Waals surface area contributed by atoms with Gasteiger partial charge in [0, 0.05) is 58.6 Å². The molecule has 4 atom stereocenters. The second kappa shape index (κ2) is 9.64. The van der Waals surface area contributed by atoms with Crippen LogP contribution < -0.4 is 5.73 Å². The smallest absolute Gasteiger partial charge is 0.293 e. The van der Waals surface area contributed by atoms with Crippen LogP contribution in [-0.2, 0) is 17.1 Å². The van der Waals surface area contributed by atoms with Crippen LogP contribution in [0.15, 0.2) is 55.2 Å². The van der Waals surface area contributed by atoms with Gasteiger partial charge in [-0.15, -0.1) is 0 Å². The third-order valence-corrected chi connectivity index (χ3v) is 8.24. The van der Waals surface area contributed by atoms with Crippen LogP contribution in [0.3, 0.4) is 0 Å². The van der Waals surface area contributed by atoms with Gasteiger partial charge in [0.05, 0.1) is 5.69 Å². The highest BCUT2D eigenvalue weighted by atomic mass is 19.3. The summed E-state index contributed by atoms with van der Waals surface area (Å²) < 4.78 is 88.6. The highest BCUT2D eigenvalue weighted by Gasteiger charge is 2.67. The SMILES string of the molecule is NC(=O)C([C@H](Cc1cc(F)cc(F)c1)c1ncncc1-c1cnc2[nH]ccc2c1)n1nc(C(F)F)c2c1C(F)(F)C1CC21. The van der Waals surface area contributed by atoms with E-state index in [1.165, 1.54) is 12.4 Å². The molecule has 2 aliphatic rings. The topological polar surface area (TPSA) is 115 Å². The Kier molecular flexibility index (Phi) is 6.08. The van der Waals surface area contributed by atoms with Crippen LogP contribution in [0.5, 0.6) is 0 Å². The minimum atomic E-state index is -3.55. The minimum Gasteiger partial charge on any atom is -0.368 e. The van der Waals surface area contributed by atoms with E-state index >= 15 is 8.78 Å². The Bertz CT molecular complexity index is 1880. The molecule has 8 nitrogen and oxygen atoms in total. The van der Waals surface area contributed by atoms with Crippen LogP contribution in [0.2, 0.25) is 0 Å². The molecule has 1 amide bonds. The van der Waals surface area contributed by atoms with Crippen LogP contribution in [0.4, 0.5) is 26.3 Å². The maximum absolute atomic E-state index is 15.6. The summed E-state index contributed by atoms with van der Waals surface area (Å²) in [7, 11) is 0. The third kappa shape index (κ3) is 4.34. The number of hydrogen-bond donors (Lipinski definition) is 2. The Labute approximate surface area is 239 Å². The number of alkyl halides is 4. The van der Waals surface area contributed by atoms with Gasteiger partial charge >= 0.3 is 0 Å². The Morgan fingerprint density at radius 2 is 1.86 bits per heavy atom. The average molecular weight is 598 g/mol. The van der Waals surface area contributed by atoms with E-state index in [1.807, 2.05) is 0 Å². The van der Waals surface area contributed by atoms with Crippen molar-refractivity contribution < 1.29 is 31.1 Å². The second-order valence-corrected chi connectivity index (χ2v) is 10.9. The van der Waals surface area contributed by atoms with Crippen molar-refractivity contribution in [1.29, 1.82) is 0 Å². The number of H-pyrrole nitrogens is 1. The van der Waals surface area contributed by atoms with Gasteiger partial charge in [-0.2, -0.15) is 13.9 Å². The first kappa shape index (κ1) is 27.1. The number of halogens is 6. The summed E-state index contributed by atoms with van der Waals surface area (Å²) in [6, 6.07) is 4.41. The number of primary amides is 1. The molecule has 2 aliphatic carbocycles. The number of carbonyl (C=O) groups excluding carboxylic acids is 1. The first-order valence-electron chi connectivity index (χ1n) is 13.3. The number of nitrogens with zero attached hydrogens (tertiary/aromatic N) is 5. The van der Waals surface area contributed by atoms with Crippen molar-refractivity contribution in [2.24, 2.45) is 11.7 Å². The monoisotopic (exact) mass is 597 g/mol. The molecule has 14 heteroatoms. The zero-order chi connectivity index (χ0) is 30.2. The van der Waals surface area contributed by atoms with E-state index in [2.05, 4.69) is 25.0 Å². The van der Waals surface area contributed by atoms with Gasteiger partial charge in [-0.25, -0.2) is 37.2 Å². The zero-order valence-corrected chi connectivity index (χ0v) is 22.0. The molecule has 3 N–H and O–H groups in total. The maximum atomic E-state index is 15.6. The predicted octanol–water partition coefficient (Wildman–Crippen LogP) is 5.69. The van der Waals surface area contributed by atoms with Crippen molar-refractivity contribution in [3.8, 4) is 11.1 Å². The van der Waals surface area contributed by atoms with Crippen LogP contribution in [0.1, 0.15) is 58.9 Å². The molecule has 0 spiro atoms. The van der Waals surface area contributed by atoms with E-state index in [9.17, 15) is 22.4 Å². The fourth-order valence-electron chi connectivity index (χ4n) is 6.39. The number of fused-ring (bicyclic) bond motifs is 4. The first-order valence-corrected chi connectivity index (χ1v) is 13.3. The number of amides is 1. The van der Waals surface area contributed by atoms with Gasteiger partial charge in [0.15, 0.2) is 0 Å². The number of hydrogen-bond acceptors (Lipinski definition) is 5. The average Bonchev–Trinajstić information content (AvgIpc) is 3.34. The maximum Gasteiger partial charge on any atom is 0.293 e. The standard InChI is InChI=1S/C29H21F6N7O/c30-15-3-12(4-16(31)7-15)5-18(22-19(10-37-11-40-22)14-6-13-1-2-38-28(13)39-9-14)24(27(36)43)42-25-21(23(41-42)26(32)33)17-8-20(17)29(25,34)35/h1-4,6-7,9-11,17-18,20,24,26H,5,8H2,(H2,36,43)(H,38,39)/t17?,18-,20?,24?/m1/s1. The largest absolute Gasteiger partial charge is 0.368 e. The zero-order valence-electron chi connectivity index (χ0n) is 22.0. The lowest BCUT2D eigenvalue weighted by atomic mass is 9.85. The fraction of sp³-hybridized carbons (Fsp3) is 0.276. The molecule has 0 bridgehead atoms. The van der Waals surface area contributed by atoms with Crippen LogP contribution in [0.25, 0.3) is 22.2 Å². The number of carbonyl (C=O) groups is 1. The molecule has 4 heterocycles. The normalized spacial score (nSPS) is 19.8. The van der Waals surface area contributed by atoms with Gasteiger partial charge in [-0.3, -0.25) is 4.79 Å². The number of pyridine rings is 1. The molecule has 1 fully saturated rings. The molecule has 0 saturated heterocycles. The summed E-state index contributed by atoms with van der Waals surface area (Å²) in [6.45, 7) is 0. The quantitative estimate of drug-likeness (QED) is 0.223. The lowest BCUT2D eigenvalue weighted by Gasteiger charge is -2.29. The molecule has 7 rings (SSSR count). The molecule has 0 aliphatic heterocycles. The van der Waals surface area contributed by atoms with E-state index in [0.717, 1.165) is 18.5 Å². The number of nitrogens with two attached hydrogens (primary N) is 1. The molecular formula is C29H21F6N7O. The fourth-order valence-corrected chi connectivity index (χ4v) is 6.39. The van der Waals surface area contributed by atoms with Gasteiger partial charge in [0.25, 0.3) is 12.3 Å². The van der Waals surface area contributed by atoms with Gasteiger partial charge in [-0.1, -0.05) is 0 Å². The molecule has 0 radical (unpaired) electrons. The Morgan fingerprint density at radius 3 is 2.58 bits per heavy atom. The van der Waals surface area contributed by atoms with E-state index in [4.69, 9.17) is 5.73 Å². The van der Waals surface area contributed by atoms with E-state index in [1.54, 1.807) is 18.3 Å². The van der Waals surface area contributed by atoms with Crippen molar-refractivity contribution in [2.45, 2.75) is 43.1 Å². The Balaban J connectivity index is 1.45. The molecule has 1 aromatic carbocycles. The minimum absolute atomic E-state index is 0.0172. The Morgan fingerprint density at radius 1 is 1.09 bits per heavy atom. The summed E-state index contributed by atoms with van der Waals surface area (Å²) in [6.07, 6.45) is 2.23. The number of aromatic nitrogens is 6. The van der Waals surface area contributed by atoms with Crippen LogP contribution in [-0.4, -0.2) is 35.6 Å². The summed E-state index contributed by atoms with van der Waals surface area (Å²) in [5.74, 6) is -9.87. The van der Waals surface area contributed by atoms with Crippen molar-refractivity contribution in [3.63, 3.8) is 0 Å². The third-order valence-electron chi connectivity index (χ3n) is 8.24. The second-order valence-electron chi connectivity index (χ2n) is 10.9. The highest BCUT2D eigenvalue weighted by molar-refractivity contribution is 5.83. The first-order chi connectivity index (χ1) is 20.5. The van der Waals surface area contributed by atoms with Crippen molar-refractivity contribution in [3.05, 3.63) is 95.1 Å². The summed E-state index contributed by atoms with van der Waals surface area (Å²) in [5.41, 5.74) is 5.44. The number of nitrogens with one attached hydrogen (secondary N) is 1. The van der Waals surface area contributed by atoms with E-state index in [0.29, 0.717) is 32.9 Å². The number of benzene rings is 1. The molecule has 43 heavy (non-hydrogen) atoms. The van der Waals surface area contributed by atoms with E-state index < -0.39 is 65.1 Å². The van der Waals surface area contributed by atoms with Gasteiger partial charge in [-0.05, 0) is 48.6 Å². The van der Waals surface area contributed by atoms with Crippen LogP contribution in [0, 0.1) is 17.6 Å². The predicted molar refractivity (Wildman–Crippen MR) is 140 cm³/mol. The van der Waals surface area contributed by atoms with Gasteiger partial charge in [0.2, 0.25) is 5.91 Å². The van der Waals surface area contributed by atoms with Crippen molar-refractivity contribution >= 4 is 16.9 Å².